The standard InChI is InChI=1S/C26H21F2N3/c27-18-11-12-23(28)22(15-18)24-20-7-3-4-8-21(20)26(30-29-24)31-14-13-16-5-1-2-6-19(16)25(31)17-9-10-17/h1-8,11-12,15,17,25H,9-10,13-14H2. The van der Waals surface area contributed by atoms with E-state index in [-0.39, 0.29) is 11.6 Å². The van der Waals surface area contributed by atoms with Crippen molar-refractivity contribution in [2.45, 2.75) is 25.3 Å². The van der Waals surface area contributed by atoms with E-state index in [9.17, 15) is 8.78 Å². The lowest BCUT2D eigenvalue weighted by Crippen LogP contribution is -2.37. The molecule has 3 nitrogen and oxygen atoms in total. The zero-order valence-corrected chi connectivity index (χ0v) is 16.9. The van der Waals surface area contributed by atoms with Crippen LogP contribution in [0.4, 0.5) is 14.6 Å². The van der Waals surface area contributed by atoms with Crippen molar-refractivity contribution in [3.05, 3.63) is 89.5 Å². The van der Waals surface area contributed by atoms with Crippen molar-refractivity contribution >= 4 is 16.6 Å². The molecule has 0 saturated heterocycles. The lowest BCUT2D eigenvalue weighted by molar-refractivity contribution is 0.522. The molecule has 31 heavy (non-hydrogen) atoms. The Morgan fingerprint density at radius 3 is 2.45 bits per heavy atom. The van der Waals surface area contributed by atoms with Crippen LogP contribution in [0.2, 0.25) is 0 Å². The van der Waals surface area contributed by atoms with E-state index in [0.29, 0.717) is 11.6 Å². The van der Waals surface area contributed by atoms with E-state index >= 15 is 0 Å². The fourth-order valence-corrected chi connectivity index (χ4v) is 4.94. The van der Waals surface area contributed by atoms with Crippen LogP contribution in [-0.4, -0.2) is 16.7 Å². The van der Waals surface area contributed by atoms with E-state index in [1.54, 1.807) is 0 Å². The topological polar surface area (TPSA) is 29.0 Å². The van der Waals surface area contributed by atoms with Crippen molar-refractivity contribution < 1.29 is 8.78 Å². The second-order valence-electron chi connectivity index (χ2n) is 8.47. The number of benzene rings is 3. The number of fused-ring (bicyclic) bond motifs is 2. The van der Waals surface area contributed by atoms with Crippen molar-refractivity contribution in [1.29, 1.82) is 0 Å². The summed E-state index contributed by atoms with van der Waals surface area (Å²) in [5, 5.41) is 10.7. The summed E-state index contributed by atoms with van der Waals surface area (Å²) in [5.41, 5.74) is 3.29. The predicted octanol–water partition coefficient (Wildman–Crippen LogP) is 6.09. The first-order valence-electron chi connectivity index (χ1n) is 10.8. The number of rotatable bonds is 3. The quantitative estimate of drug-likeness (QED) is 0.407. The summed E-state index contributed by atoms with van der Waals surface area (Å²) in [5.74, 6) is 0.439. The van der Waals surface area contributed by atoms with Crippen molar-refractivity contribution in [2.24, 2.45) is 5.92 Å². The molecule has 0 N–H and O–H groups in total. The van der Waals surface area contributed by atoms with Gasteiger partial charge in [-0.3, -0.25) is 0 Å². The molecule has 1 unspecified atom stereocenters. The van der Waals surface area contributed by atoms with E-state index in [4.69, 9.17) is 0 Å². The Morgan fingerprint density at radius 2 is 1.61 bits per heavy atom. The summed E-state index contributed by atoms with van der Waals surface area (Å²) in [7, 11) is 0. The number of nitrogens with zero attached hydrogens (tertiary/aromatic N) is 3. The zero-order valence-electron chi connectivity index (χ0n) is 16.9. The van der Waals surface area contributed by atoms with Crippen molar-refractivity contribution in [2.75, 3.05) is 11.4 Å². The Bertz CT molecular complexity index is 1300. The van der Waals surface area contributed by atoms with Crippen LogP contribution in [0.15, 0.2) is 66.7 Å². The molecule has 1 aromatic heterocycles. The van der Waals surface area contributed by atoms with Gasteiger partial charge >= 0.3 is 0 Å². The molecule has 0 radical (unpaired) electrons. The largest absolute Gasteiger partial charge is 0.347 e. The molecule has 0 amide bonds. The summed E-state index contributed by atoms with van der Waals surface area (Å²) in [6.07, 6.45) is 3.39. The first-order valence-corrected chi connectivity index (χ1v) is 10.8. The van der Waals surface area contributed by atoms with Crippen LogP contribution in [0.25, 0.3) is 22.0 Å². The highest BCUT2D eigenvalue weighted by Gasteiger charge is 2.40. The third-order valence-corrected chi connectivity index (χ3v) is 6.52. The molecule has 1 fully saturated rings. The molecule has 0 spiro atoms. The zero-order chi connectivity index (χ0) is 20.9. The van der Waals surface area contributed by atoms with Gasteiger partial charge in [-0.1, -0.05) is 48.5 Å². The third kappa shape index (κ3) is 3.07. The average molecular weight is 413 g/mol. The summed E-state index contributed by atoms with van der Waals surface area (Å²) in [6.45, 7) is 0.866. The van der Waals surface area contributed by atoms with Gasteiger partial charge in [-0.2, -0.15) is 0 Å². The second-order valence-corrected chi connectivity index (χ2v) is 8.47. The van der Waals surface area contributed by atoms with Gasteiger partial charge in [0.1, 0.15) is 17.3 Å². The van der Waals surface area contributed by atoms with Crippen LogP contribution in [0, 0.1) is 17.6 Å². The first kappa shape index (κ1) is 18.4. The highest BCUT2D eigenvalue weighted by atomic mass is 19.1. The molecule has 1 saturated carbocycles. The van der Waals surface area contributed by atoms with Crippen molar-refractivity contribution in [1.82, 2.24) is 10.2 Å². The van der Waals surface area contributed by atoms with E-state index < -0.39 is 11.6 Å². The number of aromatic nitrogens is 2. The maximum absolute atomic E-state index is 14.5. The molecule has 2 heterocycles. The normalized spacial score (nSPS) is 18.3. The van der Waals surface area contributed by atoms with Gasteiger partial charge in [0.05, 0.1) is 6.04 Å². The van der Waals surface area contributed by atoms with E-state index in [1.807, 2.05) is 24.3 Å². The Morgan fingerprint density at radius 1 is 0.839 bits per heavy atom. The fourth-order valence-electron chi connectivity index (χ4n) is 4.94. The molecule has 5 heteroatoms. The molecule has 1 aliphatic heterocycles. The lowest BCUT2D eigenvalue weighted by Gasteiger charge is -2.39. The fraction of sp³-hybridized carbons (Fsp3) is 0.231. The van der Waals surface area contributed by atoms with Gasteiger partial charge < -0.3 is 4.90 Å². The van der Waals surface area contributed by atoms with E-state index in [1.165, 1.54) is 30.0 Å². The number of hydrogen-bond acceptors (Lipinski definition) is 3. The maximum atomic E-state index is 14.5. The van der Waals surface area contributed by atoms with Crippen LogP contribution < -0.4 is 4.90 Å². The minimum absolute atomic E-state index is 0.137. The molecular weight excluding hydrogens is 392 g/mol. The van der Waals surface area contributed by atoms with Crippen molar-refractivity contribution in [3.8, 4) is 11.3 Å². The molecule has 4 aromatic rings. The monoisotopic (exact) mass is 413 g/mol. The molecule has 1 aliphatic carbocycles. The van der Waals surface area contributed by atoms with E-state index in [2.05, 4.69) is 39.4 Å². The summed E-state index contributed by atoms with van der Waals surface area (Å²) >= 11 is 0. The summed E-state index contributed by atoms with van der Waals surface area (Å²) in [4.78, 5) is 2.38. The number of anilines is 1. The second kappa shape index (κ2) is 7.12. The Labute approximate surface area is 179 Å². The molecule has 1 atom stereocenters. The van der Waals surface area contributed by atoms with Crippen LogP contribution in [0.3, 0.4) is 0 Å². The van der Waals surface area contributed by atoms with Gasteiger partial charge in [0.2, 0.25) is 0 Å². The van der Waals surface area contributed by atoms with Crippen LogP contribution >= 0.6 is 0 Å². The lowest BCUT2D eigenvalue weighted by atomic mass is 9.89. The average Bonchev–Trinajstić information content (AvgIpc) is 3.64. The van der Waals surface area contributed by atoms with Crippen LogP contribution in [0.1, 0.15) is 30.0 Å². The number of hydrogen-bond donors (Lipinski definition) is 0. The molecule has 3 aromatic carbocycles. The number of halogens is 2. The third-order valence-electron chi connectivity index (χ3n) is 6.52. The summed E-state index contributed by atoms with van der Waals surface area (Å²) in [6, 6.07) is 20.2. The maximum Gasteiger partial charge on any atom is 0.159 e. The molecule has 2 aliphatic rings. The van der Waals surface area contributed by atoms with Gasteiger partial charge in [0.25, 0.3) is 0 Å². The smallest absolute Gasteiger partial charge is 0.159 e. The van der Waals surface area contributed by atoms with E-state index in [0.717, 1.165) is 41.7 Å². The highest BCUT2D eigenvalue weighted by molar-refractivity contribution is 6.00. The summed E-state index contributed by atoms with van der Waals surface area (Å²) < 4.78 is 28.4. The molecule has 0 bridgehead atoms. The van der Waals surface area contributed by atoms with Crippen LogP contribution in [0.5, 0.6) is 0 Å². The van der Waals surface area contributed by atoms with Gasteiger partial charge in [-0.05, 0) is 54.5 Å². The Balaban J connectivity index is 1.53. The predicted molar refractivity (Wildman–Crippen MR) is 118 cm³/mol. The highest BCUT2D eigenvalue weighted by Crippen LogP contribution is 2.49. The van der Waals surface area contributed by atoms with Gasteiger partial charge in [-0.25, -0.2) is 8.78 Å². The Kier molecular flexibility index (Phi) is 4.23. The SMILES string of the molecule is Fc1ccc(F)c(-c2nnc(N3CCc4ccccc4C3C3CC3)c3ccccc23)c1. The Hall–Kier alpha value is -3.34. The molecular formula is C26H21F2N3. The molecule has 154 valence electrons. The molecule has 6 rings (SSSR count). The van der Waals surface area contributed by atoms with Crippen LogP contribution in [-0.2, 0) is 6.42 Å². The minimum atomic E-state index is -0.503. The van der Waals surface area contributed by atoms with Crippen molar-refractivity contribution in [3.63, 3.8) is 0 Å². The first-order chi connectivity index (χ1) is 15.2. The van der Waals surface area contributed by atoms with Gasteiger partial charge in [0, 0.05) is 22.9 Å². The van der Waals surface area contributed by atoms with Gasteiger partial charge in [0.15, 0.2) is 5.82 Å². The minimum Gasteiger partial charge on any atom is -0.347 e. The van der Waals surface area contributed by atoms with Gasteiger partial charge in [-0.15, -0.1) is 10.2 Å².